The zero-order valence-electron chi connectivity index (χ0n) is 12.7. The first-order chi connectivity index (χ1) is 10.2. The molecule has 116 valence electrons. The zero-order chi connectivity index (χ0) is 16.5. The largest absolute Gasteiger partial charge is 1.00 e. The van der Waals surface area contributed by atoms with Crippen LogP contribution in [-0.4, -0.2) is 24.9 Å². The summed E-state index contributed by atoms with van der Waals surface area (Å²) in [6, 6.07) is 7.06. The Balaban J connectivity index is 0.00000264. The van der Waals surface area contributed by atoms with E-state index in [4.69, 9.17) is 9.47 Å². The molecule has 0 bridgehead atoms. The van der Waals surface area contributed by atoms with Gasteiger partial charge in [0.1, 0.15) is 20.8 Å². The van der Waals surface area contributed by atoms with Gasteiger partial charge in [-0.15, -0.1) is 0 Å². The Hall–Kier alpha value is -0.814. The summed E-state index contributed by atoms with van der Waals surface area (Å²) >= 11 is 0. The Labute approximate surface area is 175 Å². The number of ether oxygens (including phenoxy) is 2. The van der Waals surface area contributed by atoms with Gasteiger partial charge in [-0.25, -0.2) is 8.42 Å². The average molecular weight is 362 g/mol. The van der Waals surface area contributed by atoms with E-state index < -0.39 is 27.0 Å². The third-order valence-electron chi connectivity index (χ3n) is 2.69. The van der Waals surface area contributed by atoms with Gasteiger partial charge in [0.05, 0.1) is 0 Å². The molecular weight excluding hydrogens is 351 g/mol. The summed E-state index contributed by atoms with van der Waals surface area (Å²) in [5.41, 5.74) is 0. The van der Waals surface area contributed by atoms with E-state index in [0.29, 0.717) is 5.39 Å². The van der Waals surface area contributed by atoms with E-state index in [1.807, 2.05) is 0 Å². The quantitative estimate of drug-likeness (QED) is 0.286. The molecule has 0 unspecified atom stereocenters. The number of carbonyl (C=O) groups is 2. The topological polar surface area (TPSA) is 110 Å². The van der Waals surface area contributed by atoms with Crippen LogP contribution < -0.4 is 60.9 Å². The van der Waals surface area contributed by atoms with Gasteiger partial charge >= 0.3 is 63.3 Å². The average Bonchev–Trinajstić information content (AvgIpc) is 2.39. The predicted octanol–water partition coefficient (Wildman–Crippen LogP) is -1.40. The molecule has 0 heterocycles. The predicted molar refractivity (Wildman–Crippen MR) is 74.5 cm³/mol. The number of esters is 2. The summed E-state index contributed by atoms with van der Waals surface area (Å²) in [7, 11) is -4.95. The van der Waals surface area contributed by atoms with Crippen molar-refractivity contribution in [2.45, 2.75) is 18.7 Å². The molecule has 2 rings (SSSR count). The van der Waals surface area contributed by atoms with Crippen molar-refractivity contribution in [3.63, 3.8) is 0 Å². The number of hydrogen-bond donors (Lipinski definition) is 0. The van der Waals surface area contributed by atoms with Crippen LogP contribution in [0, 0.1) is 0 Å². The van der Waals surface area contributed by atoms with E-state index in [1.54, 1.807) is 18.2 Å². The molecule has 0 radical (unpaired) electrons. The van der Waals surface area contributed by atoms with Crippen molar-refractivity contribution in [3.8, 4) is 11.5 Å². The minimum absolute atomic E-state index is 0. The van der Waals surface area contributed by atoms with E-state index in [1.165, 1.54) is 6.07 Å². The van der Waals surface area contributed by atoms with Gasteiger partial charge in [0, 0.05) is 30.7 Å². The molecule has 7 nitrogen and oxygen atoms in total. The van der Waals surface area contributed by atoms with Crippen molar-refractivity contribution in [1.29, 1.82) is 0 Å². The van der Waals surface area contributed by atoms with Crippen LogP contribution in [0.1, 0.15) is 13.8 Å². The summed E-state index contributed by atoms with van der Waals surface area (Å²) < 4.78 is 44.1. The summed E-state index contributed by atoms with van der Waals surface area (Å²) in [5, 5.41) is 0.507. The van der Waals surface area contributed by atoms with Crippen molar-refractivity contribution in [2.24, 2.45) is 0 Å². The van der Waals surface area contributed by atoms with Gasteiger partial charge in [-0.1, -0.05) is 24.3 Å². The number of benzene rings is 2. The van der Waals surface area contributed by atoms with Crippen LogP contribution in [0.4, 0.5) is 0 Å². The minimum Gasteiger partial charge on any atom is -0.744 e. The number of carbonyl (C=O) groups excluding carboxylic acids is 2. The van der Waals surface area contributed by atoms with Crippen LogP contribution in [0.15, 0.2) is 35.2 Å². The molecule has 2 aromatic carbocycles. The van der Waals surface area contributed by atoms with Gasteiger partial charge in [0.2, 0.25) is 0 Å². The second-order valence-corrected chi connectivity index (χ2v) is 5.74. The molecule has 0 fully saturated rings. The molecule has 23 heavy (non-hydrogen) atoms. The summed E-state index contributed by atoms with van der Waals surface area (Å²) in [6.45, 7) is 2.22. The summed E-state index contributed by atoms with van der Waals surface area (Å²) in [4.78, 5) is 21.6. The summed E-state index contributed by atoms with van der Waals surface area (Å²) in [5.74, 6) is -1.95. The maximum Gasteiger partial charge on any atom is 1.00 e. The number of hydrogen-bond acceptors (Lipinski definition) is 7. The normalized spacial score (nSPS) is 10.7. The first-order valence-corrected chi connectivity index (χ1v) is 7.49. The Bertz CT molecular complexity index is 874. The van der Waals surface area contributed by atoms with Crippen molar-refractivity contribution in [2.75, 3.05) is 0 Å². The Morgan fingerprint density at radius 2 is 1.52 bits per heavy atom. The van der Waals surface area contributed by atoms with Crippen LogP contribution in [0.25, 0.3) is 10.8 Å². The second-order valence-electron chi connectivity index (χ2n) is 4.39. The smallest absolute Gasteiger partial charge is 0.744 e. The van der Waals surface area contributed by atoms with Gasteiger partial charge < -0.3 is 14.0 Å². The summed E-state index contributed by atoms with van der Waals surface area (Å²) in [6.07, 6.45) is 0. The van der Waals surface area contributed by atoms with Gasteiger partial charge in [0.25, 0.3) is 0 Å². The molecule has 0 spiro atoms. The van der Waals surface area contributed by atoms with Crippen molar-refractivity contribution in [3.05, 3.63) is 30.3 Å². The molecule has 0 aliphatic carbocycles. The molecule has 0 aliphatic rings. The Morgan fingerprint density at radius 3 is 2.00 bits per heavy atom. The van der Waals surface area contributed by atoms with Crippen molar-refractivity contribution in [1.82, 2.24) is 0 Å². The van der Waals surface area contributed by atoms with Crippen LogP contribution >= 0.6 is 0 Å². The van der Waals surface area contributed by atoms with E-state index in [9.17, 15) is 22.6 Å². The SMILES string of the molecule is CC(=O)Oc1cc(S(=O)(=O)[O-])c(OC(C)=O)c2ccccc12.[K+]. The Morgan fingerprint density at radius 1 is 1.00 bits per heavy atom. The van der Waals surface area contributed by atoms with E-state index in [0.717, 1.165) is 19.9 Å². The monoisotopic (exact) mass is 362 g/mol. The van der Waals surface area contributed by atoms with Crippen LogP contribution in [0.3, 0.4) is 0 Å². The molecule has 0 amide bonds. The molecule has 9 heteroatoms. The van der Waals surface area contributed by atoms with Crippen LogP contribution in [0.2, 0.25) is 0 Å². The molecule has 0 aliphatic heterocycles. The van der Waals surface area contributed by atoms with E-state index in [-0.39, 0.29) is 68.3 Å². The van der Waals surface area contributed by atoms with E-state index >= 15 is 0 Å². The standard InChI is InChI=1S/C14H12O7S.K/c1-8(15)20-12-7-13(22(17,18)19)14(21-9(2)16)11-6-4-3-5-10(11)12;/h3-7H,1-2H3,(H,17,18,19);/q;+1/p-1. The minimum atomic E-state index is -4.95. The molecule has 0 N–H and O–H groups in total. The molecule has 0 saturated heterocycles. The maximum atomic E-state index is 11.4. The van der Waals surface area contributed by atoms with Crippen molar-refractivity contribution >= 4 is 32.8 Å². The zero-order valence-corrected chi connectivity index (χ0v) is 16.6. The molecular formula is C14H11KO7S. The molecule has 2 aromatic rings. The fourth-order valence-corrected chi connectivity index (χ4v) is 2.60. The maximum absolute atomic E-state index is 11.4. The third kappa shape index (κ3) is 4.83. The number of fused-ring (bicyclic) bond motifs is 1. The van der Waals surface area contributed by atoms with Gasteiger partial charge in [0.15, 0.2) is 5.75 Å². The molecule has 0 aromatic heterocycles. The van der Waals surface area contributed by atoms with Crippen LogP contribution in [-0.2, 0) is 19.7 Å². The molecule has 0 atom stereocenters. The van der Waals surface area contributed by atoms with Gasteiger partial charge in [-0.3, -0.25) is 9.59 Å². The first kappa shape index (κ1) is 20.2. The third-order valence-corrected chi connectivity index (χ3v) is 3.53. The van der Waals surface area contributed by atoms with Gasteiger partial charge in [-0.2, -0.15) is 0 Å². The van der Waals surface area contributed by atoms with Crippen LogP contribution in [0.5, 0.6) is 11.5 Å². The van der Waals surface area contributed by atoms with E-state index in [2.05, 4.69) is 0 Å². The number of rotatable bonds is 3. The first-order valence-electron chi connectivity index (χ1n) is 6.08. The van der Waals surface area contributed by atoms with Gasteiger partial charge in [-0.05, 0) is 0 Å². The second kappa shape index (κ2) is 7.84. The van der Waals surface area contributed by atoms with Crippen molar-refractivity contribution < 1.29 is 83.4 Å². The Kier molecular flexibility index (Phi) is 6.90. The fraction of sp³-hybridized carbons (Fsp3) is 0.143. The fourth-order valence-electron chi connectivity index (χ4n) is 1.97. The molecule has 0 saturated carbocycles.